The quantitative estimate of drug-likeness (QED) is 0.758. The van der Waals surface area contributed by atoms with Crippen molar-refractivity contribution in [2.45, 2.75) is 27.7 Å². The van der Waals surface area contributed by atoms with E-state index in [1.807, 2.05) is 18.2 Å². The van der Waals surface area contributed by atoms with E-state index in [9.17, 15) is 0 Å². The second-order valence-electron chi connectivity index (χ2n) is 5.49. The van der Waals surface area contributed by atoms with E-state index in [4.69, 9.17) is 10.5 Å². The van der Waals surface area contributed by atoms with E-state index < -0.39 is 0 Å². The lowest BCUT2D eigenvalue weighted by atomic mass is 9.85. The van der Waals surface area contributed by atoms with Crippen molar-refractivity contribution in [1.82, 2.24) is 0 Å². The highest BCUT2D eigenvalue weighted by Crippen LogP contribution is 2.26. The van der Waals surface area contributed by atoms with Gasteiger partial charge in [0.2, 0.25) is 0 Å². The van der Waals surface area contributed by atoms with E-state index in [0.717, 1.165) is 23.7 Å². The molecule has 0 atom stereocenters. The fourth-order valence-electron chi connectivity index (χ4n) is 2.30. The van der Waals surface area contributed by atoms with Gasteiger partial charge in [0.15, 0.2) is 0 Å². The van der Waals surface area contributed by atoms with Gasteiger partial charge in [-0.3, -0.25) is 0 Å². The summed E-state index contributed by atoms with van der Waals surface area (Å²) in [5, 5.41) is 3.45. The van der Waals surface area contributed by atoms with Gasteiger partial charge in [0.05, 0.1) is 18.5 Å². The Morgan fingerprint density at radius 1 is 1.17 bits per heavy atom. The first-order valence-electron chi connectivity index (χ1n) is 6.63. The van der Waals surface area contributed by atoms with Crippen molar-refractivity contribution in [1.29, 1.82) is 0 Å². The van der Waals surface area contributed by atoms with Crippen LogP contribution in [-0.4, -0.2) is 13.7 Å². The van der Waals surface area contributed by atoms with Gasteiger partial charge in [0.25, 0.3) is 0 Å². The van der Waals surface area contributed by atoms with Crippen LogP contribution >= 0.6 is 0 Å². The van der Waals surface area contributed by atoms with Crippen LogP contribution in [0.15, 0.2) is 18.2 Å². The van der Waals surface area contributed by atoms with Crippen LogP contribution in [0, 0.1) is 17.8 Å². The van der Waals surface area contributed by atoms with Crippen molar-refractivity contribution in [2.75, 3.05) is 24.7 Å². The minimum absolute atomic E-state index is 0.645. The van der Waals surface area contributed by atoms with Crippen molar-refractivity contribution in [3.05, 3.63) is 18.2 Å². The number of nitrogen functional groups attached to an aromatic ring is 1. The summed E-state index contributed by atoms with van der Waals surface area (Å²) < 4.78 is 5.14. The van der Waals surface area contributed by atoms with E-state index in [2.05, 4.69) is 33.0 Å². The van der Waals surface area contributed by atoms with E-state index in [1.165, 1.54) is 0 Å². The second-order valence-corrected chi connectivity index (χ2v) is 5.49. The first kappa shape index (κ1) is 14.7. The molecule has 0 aliphatic heterocycles. The summed E-state index contributed by atoms with van der Waals surface area (Å²) in [5.74, 6) is 2.77. The molecule has 0 saturated heterocycles. The number of hydrogen-bond acceptors (Lipinski definition) is 3. The van der Waals surface area contributed by atoms with Crippen molar-refractivity contribution >= 4 is 11.4 Å². The van der Waals surface area contributed by atoms with E-state index in [0.29, 0.717) is 17.8 Å². The summed E-state index contributed by atoms with van der Waals surface area (Å²) in [6, 6.07) is 5.76. The highest BCUT2D eigenvalue weighted by molar-refractivity contribution is 5.68. The van der Waals surface area contributed by atoms with Crippen LogP contribution in [0.2, 0.25) is 0 Å². The van der Waals surface area contributed by atoms with Gasteiger partial charge in [-0.25, -0.2) is 0 Å². The van der Waals surface area contributed by atoms with Gasteiger partial charge >= 0.3 is 0 Å². The largest absolute Gasteiger partial charge is 0.497 e. The third-order valence-electron chi connectivity index (χ3n) is 3.50. The van der Waals surface area contributed by atoms with Gasteiger partial charge < -0.3 is 15.8 Å². The first-order chi connectivity index (χ1) is 8.45. The molecule has 0 aliphatic carbocycles. The fourth-order valence-corrected chi connectivity index (χ4v) is 2.30. The molecule has 0 bridgehead atoms. The molecule has 1 aromatic carbocycles. The van der Waals surface area contributed by atoms with Crippen LogP contribution < -0.4 is 15.8 Å². The SMILES string of the molecule is COc1ccc(NCC(C(C)C)C(C)C)c(N)c1. The summed E-state index contributed by atoms with van der Waals surface area (Å²) in [6.45, 7) is 10.0. The van der Waals surface area contributed by atoms with Crippen molar-refractivity contribution in [3.63, 3.8) is 0 Å². The monoisotopic (exact) mass is 250 g/mol. The minimum atomic E-state index is 0.645. The molecule has 0 fully saturated rings. The summed E-state index contributed by atoms with van der Waals surface area (Å²) in [5.41, 5.74) is 7.72. The number of anilines is 2. The highest BCUT2D eigenvalue weighted by Gasteiger charge is 2.17. The maximum Gasteiger partial charge on any atom is 0.121 e. The van der Waals surface area contributed by atoms with Crippen LogP contribution in [0.25, 0.3) is 0 Å². The average molecular weight is 250 g/mol. The molecule has 102 valence electrons. The van der Waals surface area contributed by atoms with Crippen LogP contribution in [0.5, 0.6) is 5.75 Å². The Bertz CT molecular complexity index is 367. The molecule has 1 rings (SSSR count). The molecule has 3 N–H and O–H groups in total. The molecular formula is C15H26N2O. The Labute approximate surface area is 111 Å². The van der Waals surface area contributed by atoms with Gasteiger partial charge in [0.1, 0.15) is 5.75 Å². The molecule has 0 aromatic heterocycles. The smallest absolute Gasteiger partial charge is 0.121 e. The van der Waals surface area contributed by atoms with Gasteiger partial charge in [0, 0.05) is 12.6 Å². The molecule has 0 radical (unpaired) electrons. The van der Waals surface area contributed by atoms with E-state index >= 15 is 0 Å². The normalized spacial score (nSPS) is 11.3. The topological polar surface area (TPSA) is 47.3 Å². The molecule has 0 saturated carbocycles. The molecular weight excluding hydrogens is 224 g/mol. The standard InChI is InChI=1S/C15H26N2O/c1-10(2)13(11(3)4)9-17-15-7-6-12(18-5)8-14(15)16/h6-8,10-11,13,17H,9,16H2,1-5H3. The Balaban J connectivity index is 2.67. The number of methoxy groups -OCH3 is 1. The Morgan fingerprint density at radius 3 is 2.22 bits per heavy atom. The summed E-state index contributed by atoms with van der Waals surface area (Å²) in [6.07, 6.45) is 0. The van der Waals surface area contributed by atoms with Gasteiger partial charge in [-0.1, -0.05) is 27.7 Å². The third-order valence-corrected chi connectivity index (χ3v) is 3.50. The van der Waals surface area contributed by atoms with E-state index in [-0.39, 0.29) is 0 Å². The molecule has 3 heteroatoms. The molecule has 0 aliphatic rings. The maximum atomic E-state index is 5.99. The Kier molecular flexibility index (Phi) is 5.32. The molecule has 0 amide bonds. The Hall–Kier alpha value is -1.38. The Morgan fingerprint density at radius 2 is 1.78 bits per heavy atom. The van der Waals surface area contributed by atoms with Crippen LogP contribution in [0.1, 0.15) is 27.7 Å². The molecule has 18 heavy (non-hydrogen) atoms. The van der Waals surface area contributed by atoms with Crippen LogP contribution in [0.3, 0.4) is 0 Å². The van der Waals surface area contributed by atoms with Gasteiger partial charge in [-0.15, -0.1) is 0 Å². The van der Waals surface area contributed by atoms with Gasteiger partial charge in [-0.05, 0) is 29.9 Å². The van der Waals surface area contributed by atoms with E-state index in [1.54, 1.807) is 7.11 Å². The lowest BCUT2D eigenvalue weighted by Gasteiger charge is -2.26. The zero-order valence-corrected chi connectivity index (χ0v) is 12.2. The molecule has 1 aromatic rings. The molecule has 0 heterocycles. The predicted octanol–water partition coefficient (Wildman–Crippen LogP) is 3.62. The zero-order valence-electron chi connectivity index (χ0n) is 12.2. The number of benzene rings is 1. The van der Waals surface area contributed by atoms with Crippen LogP contribution in [0.4, 0.5) is 11.4 Å². The van der Waals surface area contributed by atoms with Gasteiger partial charge in [-0.2, -0.15) is 0 Å². The minimum Gasteiger partial charge on any atom is -0.497 e. The third kappa shape index (κ3) is 3.83. The number of ether oxygens (including phenoxy) is 1. The zero-order chi connectivity index (χ0) is 13.7. The summed E-state index contributed by atoms with van der Waals surface area (Å²) in [4.78, 5) is 0. The number of hydrogen-bond donors (Lipinski definition) is 2. The van der Waals surface area contributed by atoms with Crippen molar-refractivity contribution in [3.8, 4) is 5.75 Å². The molecule has 3 nitrogen and oxygen atoms in total. The van der Waals surface area contributed by atoms with Crippen LogP contribution in [-0.2, 0) is 0 Å². The second kappa shape index (κ2) is 6.53. The number of nitrogens with two attached hydrogens (primary N) is 1. The lowest BCUT2D eigenvalue weighted by Crippen LogP contribution is -2.24. The van der Waals surface area contributed by atoms with Crippen molar-refractivity contribution in [2.24, 2.45) is 17.8 Å². The number of rotatable bonds is 6. The molecule has 0 unspecified atom stereocenters. The maximum absolute atomic E-state index is 5.99. The fraction of sp³-hybridized carbons (Fsp3) is 0.600. The highest BCUT2D eigenvalue weighted by atomic mass is 16.5. The average Bonchev–Trinajstić information content (AvgIpc) is 2.30. The first-order valence-corrected chi connectivity index (χ1v) is 6.63. The predicted molar refractivity (Wildman–Crippen MR) is 79.1 cm³/mol. The summed E-state index contributed by atoms with van der Waals surface area (Å²) in [7, 11) is 1.65. The molecule has 0 spiro atoms. The number of nitrogens with one attached hydrogen (secondary N) is 1. The van der Waals surface area contributed by atoms with Crippen molar-refractivity contribution < 1.29 is 4.74 Å². The summed E-state index contributed by atoms with van der Waals surface area (Å²) >= 11 is 0. The lowest BCUT2D eigenvalue weighted by molar-refractivity contribution is 0.304.